The van der Waals surface area contributed by atoms with Gasteiger partial charge in [0.05, 0.1) is 11.4 Å². The first kappa shape index (κ1) is 20.3. The van der Waals surface area contributed by atoms with Crippen LogP contribution in [0.1, 0.15) is 49.1 Å². The fourth-order valence-corrected chi connectivity index (χ4v) is 3.81. The second-order valence-corrected chi connectivity index (χ2v) is 7.57. The van der Waals surface area contributed by atoms with Gasteiger partial charge in [0.25, 0.3) is 0 Å². The number of aromatic nitrogens is 2. The Kier molecular flexibility index (Phi) is 7.43. The van der Waals surface area contributed by atoms with Gasteiger partial charge >= 0.3 is 0 Å². The third kappa shape index (κ3) is 5.55. The van der Waals surface area contributed by atoms with E-state index in [2.05, 4.69) is 15.3 Å². The van der Waals surface area contributed by atoms with Gasteiger partial charge in [-0.05, 0) is 71.0 Å². The van der Waals surface area contributed by atoms with E-state index < -0.39 is 0 Å². The van der Waals surface area contributed by atoms with Gasteiger partial charge in [0.2, 0.25) is 5.91 Å². The van der Waals surface area contributed by atoms with Crippen LogP contribution in [0.5, 0.6) is 0 Å². The smallest absolute Gasteiger partial charge is 0.244 e. The summed E-state index contributed by atoms with van der Waals surface area (Å²) in [6.45, 7) is 8.22. The largest absolute Gasteiger partial charge is 0.353 e. The number of carbonyl (C=O) groups excluding carboxylic acids is 1. The van der Waals surface area contributed by atoms with Gasteiger partial charge in [-0.3, -0.25) is 4.79 Å². The predicted octanol–water partition coefficient (Wildman–Crippen LogP) is 3.88. The van der Waals surface area contributed by atoms with Crippen molar-refractivity contribution in [1.29, 1.82) is 0 Å². The highest BCUT2D eigenvalue weighted by molar-refractivity contribution is 5.92. The zero-order valence-corrected chi connectivity index (χ0v) is 17.2. The summed E-state index contributed by atoms with van der Waals surface area (Å²) < 4.78 is 1.92. The molecule has 3 rings (SSSR count). The van der Waals surface area contributed by atoms with Crippen LogP contribution in [-0.4, -0.2) is 46.8 Å². The van der Waals surface area contributed by atoms with Crippen molar-refractivity contribution >= 4 is 12.0 Å². The lowest BCUT2D eigenvalue weighted by molar-refractivity contribution is -0.116. The molecule has 0 bridgehead atoms. The minimum atomic E-state index is -0.0397. The molecule has 1 N–H and O–H groups in total. The molecule has 150 valence electrons. The second-order valence-electron chi connectivity index (χ2n) is 7.57. The number of benzene rings is 1. The summed E-state index contributed by atoms with van der Waals surface area (Å²) >= 11 is 0. The maximum Gasteiger partial charge on any atom is 0.244 e. The first-order valence-corrected chi connectivity index (χ1v) is 10.4. The van der Waals surface area contributed by atoms with Crippen LogP contribution in [-0.2, 0) is 4.79 Å². The Labute approximate surface area is 168 Å². The van der Waals surface area contributed by atoms with E-state index in [4.69, 9.17) is 0 Å². The van der Waals surface area contributed by atoms with Crippen LogP contribution < -0.4 is 5.32 Å². The highest BCUT2D eigenvalue weighted by atomic mass is 16.1. The van der Waals surface area contributed by atoms with E-state index in [-0.39, 0.29) is 5.91 Å². The van der Waals surface area contributed by atoms with E-state index in [1.165, 1.54) is 38.8 Å². The first-order chi connectivity index (χ1) is 13.6. The lowest BCUT2D eigenvalue weighted by Gasteiger charge is -2.19. The zero-order valence-electron chi connectivity index (χ0n) is 17.2. The third-order valence-electron chi connectivity index (χ3n) is 5.40. The second kappa shape index (κ2) is 10.2. The van der Waals surface area contributed by atoms with Crippen LogP contribution >= 0.6 is 0 Å². The van der Waals surface area contributed by atoms with Crippen LogP contribution in [0.3, 0.4) is 0 Å². The number of hydrogen-bond acceptors (Lipinski definition) is 3. The minimum Gasteiger partial charge on any atom is -0.353 e. The zero-order chi connectivity index (χ0) is 19.8. The molecule has 0 unspecified atom stereocenters. The molecule has 5 nitrogen and oxygen atoms in total. The molecule has 1 amide bonds. The molecular formula is C23H32N4O. The van der Waals surface area contributed by atoms with E-state index in [1.54, 1.807) is 6.08 Å². The molecule has 0 spiro atoms. The van der Waals surface area contributed by atoms with Gasteiger partial charge in [-0.15, -0.1) is 0 Å². The van der Waals surface area contributed by atoms with Crippen molar-refractivity contribution in [3.8, 4) is 5.69 Å². The quantitative estimate of drug-likeness (QED) is 0.586. The Morgan fingerprint density at radius 2 is 1.82 bits per heavy atom. The third-order valence-corrected chi connectivity index (χ3v) is 5.40. The van der Waals surface area contributed by atoms with E-state index in [9.17, 15) is 4.79 Å². The summed E-state index contributed by atoms with van der Waals surface area (Å²) in [5, 5.41) is 7.63. The van der Waals surface area contributed by atoms with Gasteiger partial charge in [-0.2, -0.15) is 5.10 Å². The molecule has 0 aliphatic carbocycles. The molecule has 5 heteroatoms. The van der Waals surface area contributed by atoms with Gasteiger partial charge in [0.15, 0.2) is 0 Å². The Balaban J connectivity index is 1.49. The summed E-state index contributed by atoms with van der Waals surface area (Å²) in [6, 6.07) is 10.1. The summed E-state index contributed by atoms with van der Waals surface area (Å²) in [5.74, 6) is -0.0397. The predicted molar refractivity (Wildman–Crippen MR) is 115 cm³/mol. The molecule has 1 fully saturated rings. The van der Waals surface area contributed by atoms with Gasteiger partial charge in [0, 0.05) is 23.9 Å². The number of aryl methyl sites for hydroxylation is 1. The Morgan fingerprint density at radius 3 is 2.54 bits per heavy atom. The van der Waals surface area contributed by atoms with Crippen LogP contribution in [0, 0.1) is 13.8 Å². The molecule has 0 saturated carbocycles. The van der Waals surface area contributed by atoms with Crippen molar-refractivity contribution in [2.24, 2.45) is 0 Å². The number of carbonyl (C=O) groups is 1. The standard InChI is InChI=1S/C23H32N4O/c1-19-22(20(2)27(25-19)21-11-6-5-7-12-21)13-14-23(28)24-15-10-18-26-16-8-3-4-9-17-26/h5-7,11-14H,3-4,8-10,15-18H2,1-2H3,(H,24,28)/b14-13+. The number of hydrogen-bond donors (Lipinski definition) is 1. The van der Waals surface area contributed by atoms with Crippen LogP contribution in [0.15, 0.2) is 36.4 Å². The van der Waals surface area contributed by atoms with Crippen molar-refractivity contribution < 1.29 is 4.79 Å². The molecule has 2 aromatic rings. The average Bonchev–Trinajstić information content (AvgIpc) is 2.88. The number of para-hydroxylation sites is 1. The van der Waals surface area contributed by atoms with Gasteiger partial charge in [0.1, 0.15) is 0 Å². The number of likely N-dealkylation sites (tertiary alicyclic amines) is 1. The van der Waals surface area contributed by atoms with Crippen molar-refractivity contribution in [3.05, 3.63) is 53.4 Å². The number of amides is 1. The number of rotatable bonds is 7. The van der Waals surface area contributed by atoms with Gasteiger partial charge in [-0.25, -0.2) is 4.68 Å². The minimum absolute atomic E-state index is 0.0397. The van der Waals surface area contributed by atoms with Crippen molar-refractivity contribution in [3.63, 3.8) is 0 Å². The molecule has 1 saturated heterocycles. The fraction of sp³-hybridized carbons (Fsp3) is 0.478. The van der Waals surface area contributed by atoms with E-state index in [0.29, 0.717) is 0 Å². The van der Waals surface area contributed by atoms with E-state index in [0.717, 1.165) is 42.1 Å². The molecule has 1 aromatic carbocycles. The van der Waals surface area contributed by atoms with Crippen molar-refractivity contribution in [1.82, 2.24) is 20.0 Å². The summed E-state index contributed by atoms with van der Waals surface area (Å²) in [7, 11) is 0. The molecule has 28 heavy (non-hydrogen) atoms. The molecule has 1 aliphatic rings. The maximum atomic E-state index is 12.2. The Morgan fingerprint density at radius 1 is 1.11 bits per heavy atom. The molecule has 1 aromatic heterocycles. The van der Waals surface area contributed by atoms with Crippen LogP contribution in [0.25, 0.3) is 11.8 Å². The monoisotopic (exact) mass is 380 g/mol. The van der Waals surface area contributed by atoms with Crippen LogP contribution in [0.4, 0.5) is 0 Å². The van der Waals surface area contributed by atoms with Crippen molar-refractivity contribution in [2.45, 2.75) is 46.0 Å². The molecule has 0 radical (unpaired) electrons. The van der Waals surface area contributed by atoms with Crippen molar-refractivity contribution in [2.75, 3.05) is 26.2 Å². The van der Waals surface area contributed by atoms with E-state index in [1.807, 2.05) is 54.9 Å². The molecule has 2 heterocycles. The van der Waals surface area contributed by atoms with Gasteiger partial charge in [-0.1, -0.05) is 31.0 Å². The topological polar surface area (TPSA) is 50.2 Å². The Hall–Kier alpha value is -2.40. The summed E-state index contributed by atoms with van der Waals surface area (Å²) in [5.41, 5.74) is 3.99. The normalized spacial score (nSPS) is 15.6. The molecule has 0 atom stereocenters. The molecule has 1 aliphatic heterocycles. The SMILES string of the molecule is Cc1nn(-c2ccccc2)c(C)c1/C=C/C(=O)NCCCN1CCCCCC1. The first-order valence-electron chi connectivity index (χ1n) is 10.4. The summed E-state index contributed by atoms with van der Waals surface area (Å²) in [4.78, 5) is 14.7. The number of nitrogens with one attached hydrogen (secondary N) is 1. The fourth-order valence-electron chi connectivity index (χ4n) is 3.81. The van der Waals surface area contributed by atoms with Crippen LogP contribution in [0.2, 0.25) is 0 Å². The number of nitrogens with zero attached hydrogens (tertiary/aromatic N) is 3. The highest BCUT2D eigenvalue weighted by Gasteiger charge is 2.11. The summed E-state index contributed by atoms with van der Waals surface area (Å²) in [6.07, 6.45) is 9.84. The lowest BCUT2D eigenvalue weighted by atomic mass is 10.2. The average molecular weight is 381 g/mol. The maximum absolute atomic E-state index is 12.2. The molecular weight excluding hydrogens is 348 g/mol. The lowest BCUT2D eigenvalue weighted by Crippen LogP contribution is -2.30. The van der Waals surface area contributed by atoms with E-state index >= 15 is 0 Å². The van der Waals surface area contributed by atoms with Gasteiger partial charge < -0.3 is 10.2 Å². The Bertz CT molecular complexity index is 786. The highest BCUT2D eigenvalue weighted by Crippen LogP contribution is 2.19.